The van der Waals surface area contributed by atoms with Gasteiger partial charge in [-0.15, -0.1) is 0 Å². The van der Waals surface area contributed by atoms with Gasteiger partial charge in [-0.25, -0.2) is 12.7 Å². The zero-order valence-corrected chi connectivity index (χ0v) is 19.8. The molecule has 3 aromatic carbocycles. The Morgan fingerprint density at radius 2 is 1.73 bits per heavy atom. The molecule has 1 unspecified atom stereocenters. The molecule has 0 bridgehead atoms. The average molecular weight is 482 g/mol. The van der Waals surface area contributed by atoms with Gasteiger partial charge in [0.25, 0.3) is 5.91 Å². The minimum absolute atomic E-state index is 0.0706. The maximum Gasteiger partial charge on any atom is 0.251 e. The summed E-state index contributed by atoms with van der Waals surface area (Å²) in [6, 6.07) is 22.2. The summed E-state index contributed by atoms with van der Waals surface area (Å²) in [4.78, 5) is 16.2. The number of hydrogen-bond donors (Lipinski definition) is 2. The Bertz CT molecular complexity index is 1400. The highest BCUT2D eigenvalue weighted by molar-refractivity contribution is 7.89. The number of fused-ring (bicyclic) bond motifs is 1. The molecule has 0 aliphatic heterocycles. The molecule has 8 heteroatoms. The Morgan fingerprint density at radius 3 is 2.45 bits per heavy atom. The lowest BCUT2D eigenvalue weighted by Crippen LogP contribution is -2.29. The zero-order chi connectivity index (χ0) is 23.6. The van der Waals surface area contributed by atoms with Crippen molar-refractivity contribution in [3.05, 3.63) is 101 Å². The first-order valence-electron chi connectivity index (χ1n) is 10.4. The number of nitrogens with one attached hydrogen (secondary N) is 2. The van der Waals surface area contributed by atoms with Crippen LogP contribution >= 0.6 is 11.6 Å². The summed E-state index contributed by atoms with van der Waals surface area (Å²) in [5.74, 6) is -0.466. The highest BCUT2D eigenvalue weighted by Gasteiger charge is 2.23. The van der Waals surface area contributed by atoms with Gasteiger partial charge in [0.2, 0.25) is 10.0 Å². The first-order chi connectivity index (χ1) is 15.8. The quantitative estimate of drug-likeness (QED) is 0.403. The Balaban J connectivity index is 1.64. The van der Waals surface area contributed by atoms with Crippen molar-refractivity contribution in [2.24, 2.45) is 0 Å². The fourth-order valence-corrected chi connectivity index (χ4v) is 5.20. The van der Waals surface area contributed by atoms with Crippen LogP contribution in [-0.4, -0.2) is 44.3 Å². The summed E-state index contributed by atoms with van der Waals surface area (Å²) in [5, 5.41) is 4.13. The van der Waals surface area contributed by atoms with Crippen LogP contribution in [-0.2, 0) is 10.0 Å². The van der Waals surface area contributed by atoms with Crippen molar-refractivity contribution in [1.82, 2.24) is 14.6 Å². The molecule has 0 aliphatic carbocycles. The molecule has 170 valence electrons. The van der Waals surface area contributed by atoms with E-state index in [0.717, 1.165) is 26.3 Å². The summed E-state index contributed by atoms with van der Waals surface area (Å²) in [5.41, 5.74) is 3.39. The standard InChI is InChI=1S/C25H24ClN3O3S/c1-29(2)33(31,32)24-14-18(12-13-22(24)26)25(30)28-15-20(17-8-4-3-5-9-17)21-16-27-23-11-7-6-10-19(21)23/h3-14,16,20,27H,15H2,1-2H3,(H,28,30). The molecule has 2 N–H and O–H groups in total. The van der Waals surface area contributed by atoms with Gasteiger partial charge in [-0.2, -0.15) is 0 Å². The normalized spacial score (nSPS) is 12.7. The van der Waals surface area contributed by atoms with Gasteiger partial charge in [-0.05, 0) is 35.4 Å². The number of amides is 1. The van der Waals surface area contributed by atoms with Gasteiger partial charge >= 0.3 is 0 Å². The molecular weight excluding hydrogens is 458 g/mol. The molecule has 4 aromatic rings. The van der Waals surface area contributed by atoms with Crippen LogP contribution < -0.4 is 5.32 Å². The minimum Gasteiger partial charge on any atom is -0.361 e. The zero-order valence-electron chi connectivity index (χ0n) is 18.2. The predicted molar refractivity (Wildman–Crippen MR) is 131 cm³/mol. The number of aromatic nitrogens is 1. The fraction of sp³-hybridized carbons (Fsp3) is 0.160. The number of halogens is 1. The summed E-state index contributed by atoms with van der Waals surface area (Å²) in [7, 11) is -0.939. The van der Waals surface area contributed by atoms with Gasteiger partial charge in [0.05, 0.1) is 5.02 Å². The Labute approximate surface area is 198 Å². The van der Waals surface area contributed by atoms with Crippen molar-refractivity contribution in [3.63, 3.8) is 0 Å². The molecule has 33 heavy (non-hydrogen) atoms. The number of benzene rings is 3. The van der Waals surface area contributed by atoms with Crippen LogP contribution in [0.5, 0.6) is 0 Å². The van der Waals surface area contributed by atoms with Gasteiger partial charge in [0.15, 0.2) is 0 Å². The molecule has 0 aliphatic rings. The number of para-hydroxylation sites is 1. The molecule has 0 spiro atoms. The van der Waals surface area contributed by atoms with E-state index in [1.165, 1.54) is 32.3 Å². The van der Waals surface area contributed by atoms with Gasteiger partial charge in [-0.1, -0.05) is 60.1 Å². The van der Waals surface area contributed by atoms with Crippen molar-refractivity contribution in [1.29, 1.82) is 0 Å². The molecule has 0 saturated carbocycles. The lowest BCUT2D eigenvalue weighted by Gasteiger charge is -2.19. The molecular formula is C25H24ClN3O3S. The van der Waals surface area contributed by atoms with Crippen LogP contribution in [0.1, 0.15) is 27.4 Å². The SMILES string of the molecule is CN(C)S(=O)(=O)c1cc(C(=O)NCC(c2ccccc2)c2c[nH]c3ccccc23)ccc1Cl. The van der Waals surface area contributed by atoms with Gasteiger partial charge in [-0.3, -0.25) is 4.79 Å². The highest BCUT2D eigenvalue weighted by atomic mass is 35.5. The van der Waals surface area contributed by atoms with Gasteiger partial charge in [0, 0.05) is 49.2 Å². The van der Waals surface area contributed by atoms with Crippen molar-refractivity contribution in [2.45, 2.75) is 10.8 Å². The van der Waals surface area contributed by atoms with E-state index in [2.05, 4.69) is 16.4 Å². The summed E-state index contributed by atoms with van der Waals surface area (Å²) >= 11 is 6.12. The molecule has 0 fully saturated rings. The second-order valence-electron chi connectivity index (χ2n) is 7.90. The van der Waals surface area contributed by atoms with Crippen LogP contribution in [0.2, 0.25) is 5.02 Å². The molecule has 1 atom stereocenters. The van der Waals surface area contributed by atoms with Crippen LogP contribution in [0.3, 0.4) is 0 Å². The Hall–Kier alpha value is -3.13. The number of hydrogen-bond acceptors (Lipinski definition) is 3. The molecule has 1 heterocycles. The van der Waals surface area contributed by atoms with E-state index in [1.807, 2.05) is 54.7 Å². The summed E-state index contributed by atoms with van der Waals surface area (Å²) in [6.45, 7) is 0.336. The van der Waals surface area contributed by atoms with Crippen molar-refractivity contribution in [2.75, 3.05) is 20.6 Å². The summed E-state index contributed by atoms with van der Waals surface area (Å²) < 4.78 is 26.2. The third-order valence-electron chi connectivity index (χ3n) is 5.62. The van der Waals surface area contributed by atoms with E-state index in [1.54, 1.807) is 0 Å². The van der Waals surface area contributed by atoms with Crippen LogP contribution in [0.15, 0.2) is 83.9 Å². The molecule has 4 rings (SSSR count). The van der Waals surface area contributed by atoms with Crippen molar-refractivity contribution in [3.8, 4) is 0 Å². The van der Waals surface area contributed by atoms with Crippen molar-refractivity contribution < 1.29 is 13.2 Å². The number of rotatable bonds is 7. The summed E-state index contributed by atoms with van der Waals surface area (Å²) in [6.07, 6.45) is 1.97. The van der Waals surface area contributed by atoms with E-state index >= 15 is 0 Å². The highest BCUT2D eigenvalue weighted by Crippen LogP contribution is 2.31. The first-order valence-corrected chi connectivity index (χ1v) is 12.2. The number of sulfonamides is 1. The maximum absolute atomic E-state index is 13.0. The van der Waals surface area contributed by atoms with Crippen LogP contribution in [0, 0.1) is 0 Å². The van der Waals surface area contributed by atoms with Gasteiger partial charge in [0.1, 0.15) is 4.90 Å². The third kappa shape index (κ3) is 4.66. The number of carbonyl (C=O) groups is 1. The number of carbonyl (C=O) groups excluding carboxylic acids is 1. The monoisotopic (exact) mass is 481 g/mol. The molecule has 0 saturated heterocycles. The van der Waals surface area contributed by atoms with E-state index < -0.39 is 10.0 Å². The smallest absolute Gasteiger partial charge is 0.251 e. The number of H-pyrrole nitrogens is 1. The van der Waals surface area contributed by atoms with E-state index in [-0.39, 0.29) is 27.3 Å². The van der Waals surface area contributed by atoms with Crippen molar-refractivity contribution >= 4 is 38.4 Å². The van der Waals surface area contributed by atoms with Crippen LogP contribution in [0.25, 0.3) is 10.9 Å². The molecule has 1 aromatic heterocycles. The second kappa shape index (κ2) is 9.39. The molecule has 0 radical (unpaired) electrons. The predicted octanol–water partition coefficient (Wildman–Crippen LogP) is 4.63. The van der Waals surface area contributed by atoms with Crippen LogP contribution in [0.4, 0.5) is 0 Å². The fourth-order valence-electron chi connectivity index (χ4n) is 3.81. The van der Waals surface area contributed by atoms with E-state index in [9.17, 15) is 13.2 Å². The minimum atomic E-state index is -3.78. The number of aromatic amines is 1. The number of nitrogens with zero attached hydrogens (tertiary/aromatic N) is 1. The largest absolute Gasteiger partial charge is 0.361 e. The van der Waals surface area contributed by atoms with E-state index in [0.29, 0.717) is 6.54 Å². The Morgan fingerprint density at radius 1 is 1.03 bits per heavy atom. The lowest BCUT2D eigenvalue weighted by molar-refractivity contribution is 0.0952. The average Bonchev–Trinajstić information content (AvgIpc) is 3.24. The lowest BCUT2D eigenvalue weighted by atomic mass is 9.91. The topological polar surface area (TPSA) is 82.3 Å². The molecule has 1 amide bonds. The second-order valence-corrected chi connectivity index (χ2v) is 10.4. The molecule has 6 nitrogen and oxygen atoms in total. The Kier molecular flexibility index (Phi) is 6.56. The third-order valence-corrected chi connectivity index (χ3v) is 7.91. The first kappa shape index (κ1) is 23.0. The maximum atomic E-state index is 13.0. The van der Waals surface area contributed by atoms with Gasteiger partial charge < -0.3 is 10.3 Å². The van der Waals surface area contributed by atoms with E-state index in [4.69, 9.17) is 11.6 Å².